The number of rotatable bonds is 7. The molecule has 4 aromatic rings. The van der Waals surface area contributed by atoms with Gasteiger partial charge in [-0.1, -0.05) is 41.4 Å². The van der Waals surface area contributed by atoms with E-state index < -0.39 is 11.9 Å². The van der Waals surface area contributed by atoms with Gasteiger partial charge in [0.2, 0.25) is 0 Å². The number of halogens is 2. The van der Waals surface area contributed by atoms with Gasteiger partial charge in [-0.25, -0.2) is 10.2 Å². The zero-order valence-electron chi connectivity index (χ0n) is 17.7. The Labute approximate surface area is 205 Å². The Morgan fingerprint density at radius 3 is 2.47 bits per heavy atom. The number of benzene rings is 3. The van der Waals surface area contributed by atoms with Crippen LogP contribution in [0, 0.1) is 0 Å². The molecule has 0 unspecified atom stereocenters. The number of hydrazone groups is 1. The molecule has 0 saturated heterocycles. The summed E-state index contributed by atoms with van der Waals surface area (Å²) in [7, 11) is 0. The zero-order valence-corrected chi connectivity index (χ0v) is 19.2. The first-order valence-electron chi connectivity index (χ1n) is 10.2. The zero-order chi connectivity index (χ0) is 23.9. The summed E-state index contributed by atoms with van der Waals surface area (Å²) in [6, 6.07) is 22.2. The van der Waals surface area contributed by atoms with Crippen molar-refractivity contribution >= 4 is 41.3 Å². The molecule has 1 amide bonds. The van der Waals surface area contributed by atoms with Gasteiger partial charge in [-0.2, -0.15) is 10.2 Å². The Balaban J connectivity index is 1.29. The average molecular weight is 493 g/mol. The number of hydrogen-bond acceptors (Lipinski definition) is 5. The first kappa shape index (κ1) is 23.2. The highest BCUT2D eigenvalue weighted by atomic mass is 35.5. The molecule has 1 N–H and O–H groups in total. The van der Waals surface area contributed by atoms with Gasteiger partial charge < -0.3 is 4.74 Å². The van der Waals surface area contributed by atoms with E-state index in [-0.39, 0.29) is 5.69 Å². The van der Waals surface area contributed by atoms with Crippen LogP contribution in [0.3, 0.4) is 0 Å². The summed E-state index contributed by atoms with van der Waals surface area (Å²) in [6.07, 6.45) is 3.20. The Bertz CT molecular complexity index is 1330. The normalized spacial score (nSPS) is 10.9. The lowest BCUT2D eigenvalue weighted by atomic mass is 10.2. The molecule has 0 saturated carbocycles. The molecule has 0 aliphatic heterocycles. The predicted molar refractivity (Wildman–Crippen MR) is 131 cm³/mol. The van der Waals surface area contributed by atoms with Crippen LogP contribution in [0.5, 0.6) is 5.75 Å². The van der Waals surface area contributed by atoms with Crippen molar-refractivity contribution in [3.8, 4) is 5.75 Å². The third-order valence-corrected chi connectivity index (χ3v) is 5.15. The topological polar surface area (TPSA) is 85.6 Å². The first-order chi connectivity index (χ1) is 16.5. The minimum Gasteiger partial charge on any atom is -0.423 e. The fourth-order valence-corrected chi connectivity index (χ4v) is 3.29. The Morgan fingerprint density at radius 2 is 1.74 bits per heavy atom. The molecule has 0 atom stereocenters. The van der Waals surface area contributed by atoms with E-state index in [1.54, 1.807) is 71.5 Å². The molecule has 0 spiro atoms. The van der Waals surface area contributed by atoms with E-state index in [0.29, 0.717) is 33.5 Å². The molecule has 0 aliphatic carbocycles. The van der Waals surface area contributed by atoms with E-state index in [2.05, 4.69) is 15.6 Å². The summed E-state index contributed by atoms with van der Waals surface area (Å²) in [5.74, 6) is -0.567. The SMILES string of the molecule is O=C(Oc1ccc(/C=N/NC(=O)c2ccn(Cc3ccc(Cl)cc3)n2)cc1)c1cccc(Cl)c1. The van der Waals surface area contributed by atoms with E-state index >= 15 is 0 Å². The highest BCUT2D eigenvalue weighted by Gasteiger charge is 2.10. The number of carbonyl (C=O) groups is 2. The number of ether oxygens (including phenoxy) is 1. The quantitative estimate of drug-likeness (QED) is 0.166. The molecule has 9 heteroatoms. The van der Waals surface area contributed by atoms with E-state index in [1.807, 2.05) is 12.1 Å². The smallest absolute Gasteiger partial charge is 0.343 e. The van der Waals surface area contributed by atoms with E-state index in [9.17, 15) is 9.59 Å². The van der Waals surface area contributed by atoms with Crippen LogP contribution in [0.4, 0.5) is 0 Å². The maximum absolute atomic E-state index is 12.3. The van der Waals surface area contributed by atoms with E-state index in [0.717, 1.165) is 5.56 Å². The van der Waals surface area contributed by atoms with Gasteiger partial charge >= 0.3 is 5.97 Å². The monoisotopic (exact) mass is 492 g/mol. The van der Waals surface area contributed by atoms with Gasteiger partial charge in [0, 0.05) is 16.2 Å². The molecule has 1 heterocycles. The molecule has 170 valence electrons. The summed E-state index contributed by atoms with van der Waals surface area (Å²) in [6.45, 7) is 0.516. The van der Waals surface area contributed by atoms with Gasteiger partial charge in [0.1, 0.15) is 5.75 Å². The minimum atomic E-state index is -0.508. The number of hydrogen-bond donors (Lipinski definition) is 1. The van der Waals surface area contributed by atoms with Gasteiger partial charge in [-0.15, -0.1) is 0 Å². The van der Waals surface area contributed by atoms with Crippen molar-refractivity contribution in [2.75, 3.05) is 0 Å². The van der Waals surface area contributed by atoms with Crippen LogP contribution in [-0.4, -0.2) is 27.9 Å². The van der Waals surface area contributed by atoms with Gasteiger partial charge in [-0.3, -0.25) is 9.48 Å². The summed E-state index contributed by atoms with van der Waals surface area (Å²) in [4.78, 5) is 24.5. The fourth-order valence-electron chi connectivity index (χ4n) is 2.97. The van der Waals surface area contributed by atoms with Crippen LogP contribution in [0.2, 0.25) is 10.0 Å². The number of nitrogens with zero attached hydrogens (tertiary/aromatic N) is 3. The van der Waals surface area contributed by atoms with Crippen LogP contribution in [0.25, 0.3) is 0 Å². The number of carbonyl (C=O) groups excluding carboxylic acids is 2. The van der Waals surface area contributed by atoms with Gasteiger partial charge in [0.05, 0.1) is 18.3 Å². The lowest BCUT2D eigenvalue weighted by Crippen LogP contribution is -2.18. The average Bonchev–Trinajstić information content (AvgIpc) is 3.30. The van der Waals surface area contributed by atoms with Crippen molar-refractivity contribution in [3.05, 3.63) is 117 Å². The van der Waals surface area contributed by atoms with Crippen molar-refractivity contribution in [1.82, 2.24) is 15.2 Å². The van der Waals surface area contributed by atoms with E-state index in [1.165, 1.54) is 12.3 Å². The van der Waals surface area contributed by atoms with Crippen LogP contribution in [0.1, 0.15) is 32.0 Å². The Morgan fingerprint density at radius 1 is 0.971 bits per heavy atom. The maximum atomic E-state index is 12.3. The largest absolute Gasteiger partial charge is 0.423 e. The second-order valence-electron chi connectivity index (χ2n) is 7.19. The van der Waals surface area contributed by atoms with Gasteiger partial charge in [0.15, 0.2) is 5.69 Å². The van der Waals surface area contributed by atoms with Crippen molar-refractivity contribution < 1.29 is 14.3 Å². The number of esters is 1. The second kappa shape index (κ2) is 10.8. The van der Waals surface area contributed by atoms with Crippen molar-refractivity contribution in [1.29, 1.82) is 0 Å². The molecular weight excluding hydrogens is 475 g/mol. The van der Waals surface area contributed by atoms with Crippen LogP contribution < -0.4 is 10.2 Å². The number of amides is 1. The third-order valence-electron chi connectivity index (χ3n) is 4.66. The van der Waals surface area contributed by atoms with Crippen LogP contribution >= 0.6 is 23.2 Å². The van der Waals surface area contributed by atoms with Crippen molar-refractivity contribution in [2.45, 2.75) is 6.54 Å². The molecule has 34 heavy (non-hydrogen) atoms. The first-order valence-corrected chi connectivity index (χ1v) is 10.9. The molecule has 0 aliphatic rings. The highest BCUT2D eigenvalue weighted by molar-refractivity contribution is 6.31. The van der Waals surface area contributed by atoms with Crippen molar-refractivity contribution in [3.63, 3.8) is 0 Å². The maximum Gasteiger partial charge on any atom is 0.343 e. The predicted octanol–water partition coefficient (Wildman–Crippen LogP) is 5.22. The summed E-state index contributed by atoms with van der Waals surface area (Å²) < 4.78 is 6.99. The second-order valence-corrected chi connectivity index (χ2v) is 8.07. The standard InChI is InChI=1S/C25H18Cl2N4O3/c26-20-8-4-18(5-9-20)16-31-13-12-23(30-31)24(32)29-28-15-17-6-10-22(11-7-17)34-25(33)19-2-1-3-21(27)14-19/h1-15H,16H2,(H,29,32)/b28-15+. The lowest BCUT2D eigenvalue weighted by molar-refractivity contribution is 0.0734. The molecule has 7 nitrogen and oxygen atoms in total. The Hall–Kier alpha value is -3.94. The fraction of sp³-hybridized carbons (Fsp3) is 0.0400. The Kier molecular flexibility index (Phi) is 7.37. The minimum absolute atomic E-state index is 0.245. The van der Waals surface area contributed by atoms with Gasteiger partial charge in [-0.05, 0) is 71.8 Å². The molecule has 0 bridgehead atoms. The van der Waals surface area contributed by atoms with Crippen molar-refractivity contribution in [2.24, 2.45) is 5.10 Å². The van der Waals surface area contributed by atoms with Gasteiger partial charge in [0.25, 0.3) is 5.91 Å². The molecule has 3 aromatic carbocycles. The number of nitrogens with one attached hydrogen (secondary N) is 1. The highest BCUT2D eigenvalue weighted by Crippen LogP contribution is 2.16. The summed E-state index contributed by atoms with van der Waals surface area (Å²) in [5.41, 5.74) is 4.77. The molecular formula is C25H18Cl2N4O3. The lowest BCUT2D eigenvalue weighted by Gasteiger charge is -2.05. The van der Waals surface area contributed by atoms with Crippen LogP contribution in [0.15, 0.2) is 90.2 Å². The molecule has 4 rings (SSSR count). The van der Waals surface area contributed by atoms with E-state index in [4.69, 9.17) is 27.9 Å². The van der Waals surface area contributed by atoms with Crippen LogP contribution in [-0.2, 0) is 6.54 Å². The number of aromatic nitrogens is 2. The summed E-state index contributed by atoms with van der Waals surface area (Å²) >= 11 is 11.8. The summed E-state index contributed by atoms with van der Waals surface area (Å²) in [5, 5.41) is 9.34. The molecule has 0 radical (unpaired) electrons. The molecule has 0 fully saturated rings. The third kappa shape index (κ3) is 6.31. The molecule has 1 aromatic heterocycles.